The van der Waals surface area contributed by atoms with Crippen LogP contribution in [0.3, 0.4) is 0 Å². The summed E-state index contributed by atoms with van der Waals surface area (Å²) in [6, 6.07) is 1.72. The van der Waals surface area contributed by atoms with E-state index < -0.39 is 0 Å². The van der Waals surface area contributed by atoms with E-state index in [1.54, 1.807) is 6.07 Å². The lowest BCUT2D eigenvalue weighted by Gasteiger charge is -2.31. The Morgan fingerprint density at radius 2 is 2.26 bits per heavy atom. The van der Waals surface area contributed by atoms with Crippen LogP contribution in [0.4, 0.5) is 5.88 Å². The van der Waals surface area contributed by atoms with Gasteiger partial charge in [0.25, 0.3) is 0 Å². The van der Waals surface area contributed by atoms with Crippen LogP contribution >= 0.6 is 0 Å². The average Bonchev–Trinajstić information content (AvgIpc) is 2.77. The summed E-state index contributed by atoms with van der Waals surface area (Å²) in [4.78, 5) is 14.0. The summed E-state index contributed by atoms with van der Waals surface area (Å²) in [5.74, 6) is 1.12. The number of aryl methyl sites for hydroxylation is 1. The van der Waals surface area contributed by atoms with Crippen LogP contribution in [0.2, 0.25) is 0 Å². The van der Waals surface area contributed by atoms with Gasteiger partial charge in [-0.05, 0) is 52.4 Å². The molecule has 0 saturated carbocycles. The summed E-state index contributed by atoms with van der Waals surface area (Å²) in [5, 5.41) is 9.67. The van der Waals surface area contributed by atoms with Crippen molar-refractivity contribution in [2.45, 2.75) is 19.8 Å². The molecule has 0 spiro atoms. The van der Waals surface area contributed by atoms with Crippen molar-refractivity contribution in [2.75, 3.05) is 38.5 Å². The molecule has 1 aromatic heterocycles. The predicted molar refractivity (Wildman–Crippen MR) is 73.0 cm³/mol. The Morgan fingerprint density at radius 3 is 2.84 bits per heavy atom. The van der Waals surface area contributed by atoms with Crippen LogP contribution in [0.25, 0.3) is 0 Å². The van der Waals surface area contributed by atoms with E-state index in [9.17, 15) is 4.79 Å². The van der Waals surface area contributed by atoms with E-state index in [1.807, 2.05) is 14.0 Å². The highest BCUT2D eigenvalue weighted by atomic mass is 16.5. The maximum atomic E-state index is 11.8. The van der Waals surface area contributed by atoms with Crippen LogP contribution in [0.15, 0.2) is 10.6 Å². The number of amides is 1. The third-order valence-electron chi connectivity index (χ3n) is 3.46. The number of likely N-dealkylation sites (tertiary alicyclic amines) is 1. The molecule has 106 valence electrons. The molecule has 0 aromatic carbocycles. The first-order valence-electron chi connectivity index (χ1n) is 6.77. The molecular formula is C13H22N4O2. The van der Waals surface area contributed by atoms with E-state index in [-0.39, 0.29) is 5.91 Å². The first-order valence-corrected chi connectivity index (χ1v) is 6.77. The maximum absolute atomic E-state index is 11.8. The van der Waals surface area contributed by atoms with Crippen LogP contribution in [-0.2, 0) is 4.79 Å². The lowest BCUT2D eigenvalue weighted by molar-refractivity contribution is -0.117. The van der Waals surface area contributed by atoms with Gasteiger partial charge < -0.3 is 9.84 Å². The number of hydrogen-bond acceptors (Lipinski definition) is 5. The van der Waals surface area contributed by atoms with Gasteiger partial charge in [0.15, 0.2) is 0 Å². The Bertz CT molecular complexity index is 411. The van der Waals surface area contributed by atoms with Gasteiger partial charge in [-0.1, -0.05) is 5.16 Å². The Morgan fingerprint density at radius 1 is 1.53 bits per heavy atom. The Kier molecular flexibility index (Phi) is 4.93. The number of hydrogen-bond donors (Lipinski definition) is 2. The van der Waals surface area contributed by atoms with Gasteiger partial charge >= 0.3 is 0 Å². The molecule has 1 fully saturated rings. The number of carbonyl (C=O) groups is 1. The Hall–Kier alpha value is -1.40. The van der Waals surface area contributed by atoms with E-state index in [0.29, 0.717) is 12.4 Å². The zero-order valence-corrected chi connectivity index (χ0v) is 11.6. The topological polar surface area (TPSA) is 70.4 Å². The van der Waals surface area contributed by atoms with Crippen LogP contribution in [0, 0.1) is 12.8 Å². The summed E-state index contributed by atoms with van der Waals surface area (Å²) >= 11 is 0. The van der Waals surface area contributed by atoms with Gasteiger partial charge in [0.1, 0.15) is 0 Å². The molecule has 0 bridgehead atoms. The lowest BCUT2D eigenvalue weighted by atomic mass is 9.97. The predicted octanol–water partition coefficient (Wildman–Crippen LogP) is 0.853. The monoisotopic (exact) mass is 266 g/mol. The highest BCUT2D eigenvalue weighted by molar-refractivity contribution is 5.90. The van der Waals surface area contributed by atoms with Crippen LogP contribution in [0.1, 0.15) is 18.5 Å². The van der Waals surface area contributed by atoms with Gasteiger partial charge in [-0.15, -0.1) is 0 Å². The van der Waals surface area contributed by atoms with Crippen molar-refractivity contribution in [3.8, 4) is 0 Å². The molecule has 2 heterocycles. The molecule has 1 aromatic rings. The van der Waals surface area contributed by atoms with Crippen molar-refractivity contribution in [3.63, 3.8) is 0 Å². The van der Waals surface area contributed by atoms with Gasteiger partial charge in [-0.2, -0.15) is 0 Å². The summed E-state index contributed by atoms with van der Waals surface area (Å²) in [5.41, 5.74) is 0.767. The van der Waals surface area contributed by atoms with Crippen molar-refractivity contribution < 1.29 is 9.32 Å². The normalized spacial score (nSPS) is 17.6. The zero-order chi connectivity index (χ0) is 13.7. The highest BCUT2D eigenvalue weighted by Gasteiger charge is 2.20. The number of nitrogens with one attached hydrogen (secondary N) is 2. The molecule has 19 heavy (non-hydrogen) atoms. The molecule has 0 unspecified atom stereocenters. The zero-order valence-electron chi connectivity index (χ0n) is 11.6. The third kappa shape index (κ3) is 4.33. The molecule has 1 aliphatic rings. The number of nitrogens with zero attached hydrogens (tertiary/aromatic N) is 2. The number of rotatable bonds is 5. The van der Waals surface area contributed by atoms with Crippen molar-refractivity contribution in [1.29, 1.82) is 0 Å². The first-order chi connectivity index (χ1) is 9.17. The van der Waals surface area contributed by atoms with Gasteiger partial charge in [0, 0.05) is 6.07 Å². The second-order valence-electron chi connectivity index (χ2n) is 5.16. The van der Waals surface area contributed by atoms with Gasteiger partial charge in [0.05, 0.1) is 12.2 Å². The minimum atomic E-state index is -0.0387. The smallest absolute Gasteiger partial charge is 0.240 e. The lowest BCUT2D eigenvalue weighted by Crippen LogP contribution is -2.40. The van der Waals surface area contributed by atoms with E-state index >= 15 is 0 Å². The van der Waals surface area contributed by atoms with Crippen LogP contribution in [-0.4, -0.2) is 49.2 Å². The minimum absolute atomic E-state index is 0.0387. The fourth-order valence-corrected chi connectivity index (χ4v) is 2.44. The van der Waals surface area contributed by atoms with Gasteiger partial charge in [-0.3, -0.25) is 15.0 Å². The first kappa shape index (κ1) is 14.0. The van der Waals surface area contributed by atoms with Gasteiger partial charge in [0.2, 0.25) is 11.8 Å². The van der Waals surface area contributed by atoms with Crippen molar-refractivity contribution in [3.05, 3.63) is 11.8 Å². The summed E-state index contributed by atoms with van der Waals surface area (Å²) < 4.78 is 4.96. The van der Waals surface area contributed by atoms with Crippen LogP contribution in [0.5, 0.6) is 0 Å². The third-order valence-corrected chi connectivity index (χ3v) is 3.46. The van der Waals surface area contributed by atoms with Gasteiger partial charge in [-0.25, -0.2) is 0 Å². The Labute approximate surface area is 113 Å². The summed E-state index contributed by atoms with van der Waals surface area (Å²) in [6.07, 6.45) is 2.30. The standard InChI is InChI=1S/C13H22N4O2/c1-10-7-13(19-16-10)15-12(18)9-17-5-3-11(4-6-17)8-14-2/h7,11,14H,3-6,8-9H2,1-2H3,(H,15,18). The molecule has 0 atom stereocenters. The van der Waals surface area contributed by atoms with Crippen molar-refractivity contribution >= 4 is 11.8 Å². The fraction of sp³-hybridized carbons (Fsp3) is 0.692. The van der Waals surface area contributed by atoms with Crippen molar-refractivity contribution in [1.82, 2.24) is 15.4 Å². The fourth-order valence-electron chi connectivity index (χ4n) is 2.44. The molecule has 1 saturated heterocycles. The summed E-state index contributed by atoms with van der Waals surface area (Å²) in [6.45, 7) is 5.28. The minimum Gasteiger partial charge on any atom is -0.338 e. The number of carbonyl (C=O) groups excluding carboxylic acids is 1. The molecule has 6 nitrogen and oxygen atoms in total. The largest absolute Gasteiger partial charge is 0.338 e. The van der Waals surface area contributed by atoms with Crippen LogP contribution < -0.4 is 10.6 Å². The second-order valence-corrected chi connectivity index (χ2v) is 5.16. The molecule has 2 N–H and O–H groups in total. The molecule has 6 heteroatoms. The number of aromatic nitrogens is 1. The molecular weight excluding hydrogens is 244 g/mol. The quantitative estimate of drug-likeness (QED) is 0.827. The summed E-state index contributed by atoms with van der Waals surface area (Å²) in [7, 11) is 1.99. The number of anilines is 1. The van der Waals surface area contributed by atoms with E-state index in [1.165, 1.54) is 0 Å². The molecule has 0 aliphatic carbocycles. The van der Waals surface area contributed by atoms with E-state index in [0.717, 1.165) is 44.1 Å². The molecule has 0 radical (unpaired) electrons. The number of piperidine rings is 1. The SMILES string of the molecule is CNCC1CCN(CC(=O)Nc2cc(C)no2)CC1. The molecule has 1 aliphatic heterocycles. The average molecular weight is 266 g/mol. The van der Waals surface area contributed by atoms with Crippen molar-refractivity contribution in [2.24, 2.45) is 5.92 Å². The highest BCUT2D eigenvalue weighted by Crippen LogP contribution is 2.16. The Balaban J connectivity index is 1.71. The second kappa shape index (κ2) is 6.68. The molecule has 2 rings (SSSR count). The van der Waals surface area contributed by atoms with E-state index in [4.69, 9.17) is 4.52 Å². The molecule has 1 amide bonds. The van der Waals surface area contributed by atoms with E-state index in [2.05, 4.69) is 20.7 Å². The maximum Gasteiger partial charge on any atom is 0.240 e.